The first-order valence-corrected chi connectivity index (χ1v) is 15.2. The molecule has 7 aromatic rings. The lowest BCUT2D eigenvalue weighted by atomic mass is 9.67. The van der Waals surface area contributed by atoms with Crippen molar-refractivity contribution >= 4 is 11.4 Å². The molecule has 0 spiro atoms. The Bertz CT molecular complexity index is 2020. The summed E-state index contributed by atoms with van der Waals surface area (Å²) >= 11 is 0. The third-order valence-corrected chi connectivity index (χ3v) is 8.93. The van der Waals surface area contributed by atoms with E-state index in [4.69, 9.17) is 0 Å². The fourth-order valence-electron chi connectivity index (χ4n) is 7.10. The van der Waals surface area contributed by atoms with Crippen LogP contribution in [-0.4, -0.2) is 0 Å². The van der Waals surface area contributed by atoms with Gasteiger partial charge in [0.2, 0.25) is 0 Å². The van der Waals surface area contributed by atoms with Crippen LogP contribution in [0.15, 0.2) is 182 Å². The zero-order chi connectivity index (χ0) is 29.3. The Morgan fingerprint density at radius 1 is 0.364 bits per heavy atom. The number of hydrogen-bond donors (Lipinski definition) is 1. The molecule has 0 unspecified atom stereocenters. The highest BCUT2D eigenvalue weighted by atomic mass is 14.9. The molecule has 7 aromatic carbocycles. The van der Waals surface area contributed by atoms with Crippen LogP contribution in [-0.2, 0) is 5.41 Å². The fourth-order valence-corrected chi connectivity index (χ4v) is 7.10. The van der Waals surface area contributed by atoms with E-state index >= 15 is 0 Å². The zero-order valence-corrected chi connectivity index (χ0v) is 24.3. The molecular formula is C43H31N. The second-order valence-electron chi connectivity index (χ2n) is 11.4. The van der Waals surface area contributed by atoms with Gasteiger partial charge in [-0.2, -0.15) is 0 Å². The van der Waals surface area contributed by atoms with Gasteiger partial charge in [-0.15, -0.1) is 0 Å². The third-order valence-electron chi connectivity index (χ3n) is 8.93. The second-order valence-corrected chi connectivity index (χ2v) is 11.4. The molecule has 0 atom stereocenters. The Labute approximate surface area is 259 Å². The number of hydrogen-bond acceptors (Lipinski definition) is 1. The van der Waals surface area contributed by atoms with Gasteiger partial charge in [0.25, 0.3) is 0 Å². The van der Waals surface area contributed by atoms with Crippen molar-refractivity contribution in [2.24, 2.45) is 0 Å². The molecule has 0 radical (unpaired) electrons. The van der Waals surface area contributed by atoms with Gasteiger partial charge in [0, 0.05) is 16.9 Å². The number of benzene rings is 7. The molecule has 8 rings (SSSR count). The normalized spacial score (nSPS) is 12.7. The molecule has 208 valence electrons. The highest BCUT2D eigenvalue weighted by molar-refractivity contribution is 5.98. The van der Waals surface area contributed by atoms with Gasteiger partial charge in [-0.3, -0.25) is 0 Å². The van der Waals surface area contributed by atoms with E-state index in [1.54, 1.807) is 0 Å². The van der Waals surface area contributed by atoms with Gasteiger partial charge < -0.3 is 5.32 Å². The van der Waals surface area contributed by atoms with Crippen LogP contribution >= 0.6 is 0 Å². The van der Waals surface area contributed by atoms with Crippen molar-refractivity contribution in [3.05, 3.63) is 204 Å². The van der Waals surface area contributed by atoms with E-state index in [9.17, 15) is 0 Å². The summed E-state index contributed by atoms with van der Waals surface area (Å²) in [5.74, 6) is 0. The first-order valence-electron chi connectivity index (χ1n) is 15.2. The van der Waals surface area contributed by atoms with Gasteiger partial charge in [0.15, 0.2) is 0 Å². The third kappa shape index (κ3) is 4.17. The number of nitrogens with one attached hydrogen (secondary N) is 1. The molecule has 0 bridgehead atoms. The SMILES string of the molecule is c1ccc(-c2ccccc2Nc2cc(-c3ccccc3)c3c(c2)C(c2ccccc2)(c2ccccc2)c2ccccc2-3)cc1. The molecule has 1 nitrogen and oxygen atoms in total. The molecule has 0 aliphatic heterocycles. The second kappa shape index (κ2) is 10.9. The fraction of sp³-hybridized carbons (Fsp3) is 0.0233. The number of fused-ring (bicyclic) bond motifs is 3. The van der Waals surface area contributed by atoms with Crippen LogP contribution in [0.5, 0.6) is 0 Å². The van der Waals surface area contributed by atoms with Gasteiger partial charge in [0.05, 0.1) is 5.41 Å². The van der Waals surface area contributed by atoms with Gasteiger partial charge in [-0.25, -0.2) is 0 Å². The van der Waals surface area contributed by atoms with E-state index in [2.05, 4.69) is 187 Å². The zero-order valence-electron chi connectivity index (χ0n) is 24.3. The molecule has 0 aromatic heterocycles. The van der Waals surface area contributed by atoms with Crippen LogP contribution in [0, 0.1) is 0 Å². The van der Waals surface area contributed by atoms with Gasteiger partial charge >= 0.3 is 0 Å². The topological polar surface area (TPSA) is 12.0 Å². The van der Waals surface area contributed by atoms with Gasteiger partial charge in [-0.05, 0) is 68.3 Å². The number of para-hydroxylation sites is 1. The Balaban J connectivity index is 1.44. The molecule has 0 amide bonds. The van der Waals surface area contributed by atoms with Crippen LogP contribution in [0.3, 0.4) is 0 Å². The van der Waals surface area contributed by atoms with Crippen LogP contribution in [0.25, 0.3) is 33.4 Å². The highest BCUT2D eigenvalue weighted by Crippen LogP contribution is 2.59. The minimum atomic E-state index is -0.478. The van der Waals surface area contributed by atoms with E-state index in [0.29, 0.717) is 0 Å². The summed E-state index contributed by atoms with van der Waals surface area (Å²) in [6, 6.07) is 65.7. The molecule has 0 heterocycles. The quantitative estimate of drug-likeness (QED) is 0.213. The molecule has 44 heavy (non-hydrogen) atoms. The van der Waals surface area contributed by atoms with Crippen molar-refractivity contribution < 1.29 is 0 Å². The molecule has 1 heteroatoms. The van der Waals surface area contributed by atoms with Crippen LogP contribution in [0.1, 0.15) is 22.3 Å². The molecule has 1 aliphatic rings. The Hall–Kier alpha value is -5.66. The summed E-state index contributed by atoms with van der Waals surface area (Å²) in [6.45, 7) is 0. The van der Waals surface area contributed by atoms with Gasteiger partial charge in [0.1, 0.15) is 0 Å². The van der Waals surface area contributed by atoms with Crippen LogP contribution < -0.4 is 5.32 Å². The van der Waals surface area contributed by atoms with E-state index in [1.165, 1.54) is 55.6 Å². The molecule has 1 aliphatic carbocycles. The average molecular weight is 562 g/mol. The maximum absolute atomic E-state index is 3.88. The molecule has 0 saturated carbocycles. The minimum Gasteiger partial charge on any atom is -0.355 e. The molecular weight excluding hydrogens is 530 g/mol. The molecule has 0 fully saturated rings. The smallest absolute Gasteiger partial charge is 0.0714 e. The van der Waals surface area contributed by atoms with Crippen LogP contribution in [0.2, 0.25) is 0 Å². The molecule has 1 N–H and O–H groups in total. The largest absolute Gasteiger partial charge is 0.355 e. The summed E-state index contributed by atoms with van der Waals surface area (Å²) in [7, 11) is 0. The lowest BCUT2D eigenvalue weighted by Crippen LogP contribution is -2.28. The summed E-state index contributed by atoms with van der Waals surface area (Å²) in [4.78, 5) is 0. The molecule has 0 saturated heterocycles. The predicted molar refractivity (Wildman–Crippen MR) is 184 cm³/mol. The summed E-state index contributed by atoms with van der Waals surface area (Å²) in [6.07, 6.45) is 0. The first kappa shape index (κ1) is 26.0. The average Bonchev–Trinajstić information content (AvgIpc) is 3.41. The maximum atomic E-state index is 3.88. The van der Waals surface area contributed by atoms with Crippen molar-refractivity contribution in [1.82, 2.24) is 0 Å². The van der Waals surface area contributed by atoms with Gasteiger partial charge in [-0.1, -0.05) is 164 Å². The number of anilines is 2. The lowest BCUT2D eigenvalue weighted by Gasteiger charge is -2.34. The predicted octanol–water partition coefficient (Wildman–Crippen LogP) is 11.1. The standard InChI is InChI=1S/C43H31N/c1-5-17-31(18-6-1)36-25-14-16-28-41(36)44-35-29-38(32-19-7-2-8-20-32)42-37-26-13-15-27-39(37)43(40(42)30-35,33-21-9-3-10-22-33)34-23-11-4-12-24-34/h1-30,44H. The van der Waals surface area contributed by atoms with Crippen molar-refractivity contribution in [3.8, 4) is 33.4 Å². The summed E-state index contributed by atoms with van der Waals surface area (Å²) in [5, 5.41) is 3.88. The van der Waals surface area contributed by atoms with E-state index < -0.39 is 5.41 Å². The highest BCUT2D eigenvalue weighted by Gasteiger charge is 2.47. The monoisotopic (exact) mass is 561 g/mol. The van der Waals surface area contributed by atoms with E-state index in [0.717, 1.165) is 11.4 Å². The summed E-state index contributed by atoms with van der Waals surface area (Å²) in [5.41, 5.74) is 14.2. The number of rotatable bonds is 6. The van der Waals surface area contributed by atoms with Crippen molar-refractivity contribution in [1.29, 1.82) is 0 Å². The minimum absolute atomic E-state index is 0.478. The van der Waals surface area contributed by atoms with E-state index in [-0.39, 0.29) is 0 Å². The van der Waals surface area contributed by atoms with Crippen molar-refractivity contribution in [3.63, 3.8) is 0 Å². The Morgan fingerprint density at radius 3 is 1.45 bits per heavy atom. The van der Waals surface area contributed by atoms with Crippen molar-refractivity contribution in [2.75, 3.05) is 5.32 Å². The van der Waals surface area contributed by atoms with Crippen molar-refractivity contribution in [2.45, 2.75) is 5.41 Å². The maximum Gasteiger partial charge on any atom is 0.0714 e. The Morgan fingerprint density at radius 2 is 0.841 bits per heavy atom. The van der Waals surface area contributed by atoms with E-state index in [1.807, 2.05) is 0 Å². The lowest BCUT2D eigenvalue weighted by molar-refractivity contribution is 0.769. The Kier molecular flexibility index (Phi) is 6.43. The summed E-state index contributed by atoms with van der Waals surface area (Å²) < 4.78 is 0. The first-order chi connectivity index (χ1) is 21.8. The van der Waals surface area contributed by atoms with Crippen LogP contribution in [0.4, 0.5) is 11.4 Å².